The average molecular weight is 339 g/mol. The molecule has 3 N–H and O–H groups in total. The van der Waals surface area contributed by atoms with Crippen molar-refractivity contribution in [3.05, 3.63) is 24.3 Å². The van der Waals surface area contributed by atoms with Gasteiger partial charge in [-0.3, -0.25) is 4.79 Å². The number of nitrogens with one attached hydrogen (secondary N) is 1. The van der Waals surface area contributed by atoms with Gasteiger partial charge in [0.15, 0.2) is 0 Å². The number of amides is 1. The second-order valence-corrected chi connectivity index (χ2v) is 7.99. The Kier molecular flexibility index (Phi) is 5.78. The minimum absolute atomic E-state index is 0.0142. The zero-order valence-corrected chi connectivity index (χ0v) is 14.5. The molecule has 0 radical (unpaired) electrons. The second kappa shape index (κ2) is 7.42. The third-order valence-electron chi connectivity index (χ3n) is 4.26. The number of anilines is 1. The van der Waals surface area contributed by atoms with Crippen LogP contribution in [-0.4, -0.2) is 37.8 Å². The first-order valence-corrected chi connectivity index (χ1v) is 9.44. The maximum Gasteiger partial charge on any atom is 0.243 e. The lowest BCUT2D eigenvalue weighted by Gasteiger charge is -2.33. The summed E-state index contributed by atoms with van der Waals surface area (Å²) in [6, 6.07) is 6.30. The van der Waals surface area contributed by atoms with E-state index in [4.69, 9.17) is 5.73 Å². The summed E-state index contributed by atoms with van der Waals surface area (Å²) in [5, 5.41) is 2.71. The van der Waals surface area contributed by atoms with Crippen molar-refractivity contribution < 1.29 is 13.2 Å². The summed E-state index contributed by atoms with van der Waals surface area (Å²) in [5.74, 6) is 0.0954. The van der Waals surface area contributed by atoms with E-state index in [0.717, 1.165) is 12.8 Å². The fraction of sp³-hybridized carbons (Fsp3) is 0.562. The number of nitrogens with two attached hydrogens (primary N) is 1. The molecule has 128 valence electrons. The van der Waals surface area contributed by atoms with E-state index in [1.807, 2.05) is 6.92 Å². The molecule has 2 rings (SSSR count). The molecule has 0 bridgehead atoms. The van der Waals surface area contributed by atoms with Crippen LogP contribution < -0.4 is 11.1 Å². The lowest BCUT2D eigenvalue weighted by Crippen LogP contribution is -2.44. The highest BCUT2D eigenvalue weighted by atomic mass is 32.2. The van der Waals surface area contributed by atoms with E-state index in [0.29, 0.717) is 25.2 Å². The van der Waals surface area contributed by atoms with Crippen molar-refractivity contribution in [2.45, 2.75) is 44.0 Å². The van der Waals surface area contributed by atoms with E-state index >= 15 is 0 Å². The molecule has 1 aromatic rings. The van der Waals surface area contributed by atoms with Crippen LogP contribution in [0.15, 0.2) is 29.2 Å². The molecule has 1 amide bonds. The predicted octanol–water partition coefficient (Wildman–Crippen LogP) is 1.78. The van der Waals surface area contributed by atoms with Crippen molar-refractivity contribution in [1.82, 2.24) is 4.31 Å². The molecule has 0 aromatic heterocycles. The first-order valence-electron chi connectivity index (χ1n) is 8.00. The van der Waals surface area contributed by atoms with Gasteiger partial charge in [-0.2, -0.15) is 4.31 Å². The van der Waals surface area contributed by atoms with E-state index in [2.05, 4.69) is 5.32 Å². The van der Waals surface area contributed by atoms with Gasteiger partial charge >= 0.3 is 0 Å². The van der Waals surface area contributed by atoms with Gasteiger partial charge in [0, 0.05) is 31.2 Å². The van der Waals surface area contributed by atoms with Gasteiger partial charge < -0.3 is 11.1 Å². The molecule has 6 nitrogen and oxygen atoms in total. The Hall–Kier alpha value is -1.44. The monoisotopic (exact) mass is 339 g/mol. The van der Waals surface area contributed by atoms with Crippen molar-refractivity contribution in [1.29, 1.82) is 0 Å². The smallest absolute Gasteiger partial charge is 0.243 e. The van der Waals surface area contributed by atoms with Gasteiger partial charge in [-0.25, -0.2) is 8.42 Å². The van der Waals surface area contributed by atoms with Crippen molar-refractivity contribution in [3.8, 4) is 0 Å². The molecule has 0 saturated carbocycles. The van der Waals surface area contributed by atoms with E-state index in [1.54, 1.807) is 19.1 Å². The molecular formula is C16H25N3O3S. The molecule has 0 spiro atoms. The third kappa shape index (κ3) is 4.31. The Bertz CT molecular complexity index is 641. The molecule has 1 aliphatic heterocycles. The molecule has 1 heterocycles. The maximum atomic E-state index is 12.7. The highest BCUT2D eigenvalue weighted by Gasteiger charge is 2.31. The van der Waals surface area contributed by atoms with Crippen LogP contribution in [0.3, 0.4) is 0 Å². The SMILES string of the molecule is CCC(=O)Nc1ccc(S(=O)(=O)N2CCCC(C(C)N)C2)cc1. The molecule has 7 heteroatoms. The first-order chi connectivity index (χ1) is 10.8. The number of carbonyl (C=O) groups is 1. The van der Waals surface area contributed by atoms with Crippen LogP contribution in [-0.2, 0) is 14.8 Å². The number of carbonyl (C=O) groups excluding carboxylic acids is 1. The van der Waals surface area contributed by atoms with Crippen LogP contribution in [0.2, 0.25) is 0 Å². The lowest BCUT2D eigenvalue weighted by molar-refractivity contribution is -0.115. The summed E-state index contributed by atoms with van der Waals surface area (Å²) in [6.07, 6.45) is 2.17. The number of benzene rings is 1. The van der Waals surface area contributed by atoms with Gasteiger partial charge in [0.1, 0.15) is 0 Å². The largest absolute Gasteiger partial charge is 0.328 e. The van der Waals surface area contributed by atoms with Crippen molar-refractivity contribution in [2.75, 3.05) is 18.4 Å². The van der Waals surface area contributed by atoms with Crippen LogP contribution in [0.25, 0.3) is 0 Å². The Labute approximate surface area is 138 Å². The highest BCUT2D eigenvalue weighted by molar-refractivity contribution is 7.89. The van der Waals surface area contributed by atoms with Crippen LogP contribution in [0.1, 0.15) is 33.1 Å². The minimum atomic E-state index is -3.51. The topological polar surface area (TPSA) is 92.5 Å². The Morgan fingerprint density at radius 2 is 2.04 bits per heavy atom. The number of sulfonamides is 1. The van der Waals surface area contributed by atoms with E-state index in [-0.39, 0.29) is 22.8 Å². The third-order valence-corrected chi connectivity index (χ3v) is 6.14. The Morgan fingerprint density at radius 1 is 1.39 bits per heavy atom. The van der Waals surface area contributed by atoms with E-state index < -0.39 is 10.0 Å². The van der Waals surface area contributed by atoms with Gasteiger partial charge in [-0.1, -0.05) is 6.92 Å². The zero-order chi connectivity index (χ0) is 17.0. The van der Waals surface area contributed by atoms with Crippen molar-refractivity contribution in [3.63, 3.8) is 0 Å². The molecule has 1 saturated heterocycles. The number of hydrogen-bond acceptors (Lipinski definition) is 4. The van der Waals surface area contributed by atoms with E-state index in [9.17, 15) is 13.2 Å². The van der Waals surface area contributed by atoms with Crippen LogP contribution in [0, 0.1) is 5.92 Å². The molecule has 1 aromatic carbocycles. The molecule has 0 aliphatic carbocycles. The number of rotatable bonds is 5. The van der Waals surface area contributed by atoms with Gasteiger partial charge in [0.05, 0.1) is 4.90 Å². The molecular weight excluding hydrogens is 314 g/mol. The van der Waals surface area contributed by atoms with Crippen LogP contribution in [0.4, 0.5) is 5.69 Å². The van der Waals surface area contributed by atoms with Crippen LogP contribution >= 0.6 is 0 Å². The van der Waals surface area contributed by atoms with Gasteiger partial charge in [0.25, 0.3) is 0 Å². The molecule has 2 unspecified atom stereocenters. The molecule has 23 heavy (non-hydrogen) atoms. The van der Waals surface area contributed by atoms with Gasteiger partial charge in [0.2, 0.25) is 15.9 Å². The molecule has 2 atom stereocenters. The predicted molar refractivity (Wildman–Crippen MR) is 90.5 cm³/mol. The Balaban J connectivity index is 2.14. The minimum Gasteiger partial charge on any atom is -0.328 e. The summed E-state index contributed by atoms with van der Waals surface area (Å²) in [4.78, 5) is 11.6. The number of piperidine rings is 1. The number of hydrogen-bond donors (Lipinski definition) is 2. The zero-order valence-electron chi connectivity index (χ0n) is 13.7. The second-order valence-electron chi connectivity index (χ2n) is 6.05. The van der Waals surface area contributed by atoms with Crippen LogP contribution in [0.5, 0.6) is 0 Å². The van der Waals surface area contributed by atoms with Crippen molar-refractivity contribution >= 4 is 21.6 Å². The number of nitrogens with zero attached hydrogens (tertiary/aromatic N) is 1. The van der Waals surface area contributed by atoms with Gasteiger partial charge in [-0.05, 0) is 49.9 Å². The summed E-state index contributed by atoms with van der Waals surface area (Å²) >= 11 is 0. The fourth-order valence-corrected chi connectivity index (χ4v) is 4.27. The van der Waals surface area contributed by atoms with Crippen molar-refractivity contribution in [2.24, 2.45) is 11.7 Å². The van der Waals surface area contributed by atoms with E-state index in [1.165, 1.54) is 16.4 Å². The first kappa shape index (κ1) is 17.9. The summed E-state index contributed by atoms with van der Waals surface area (Å²) in [5.41, 5.74) is 6.53. The molecule has 1 aliphatic rings. The van der Waals surface area contributed by atoms with Gasteiger partial charge in [-0.15, -0.1) is 0 Å². The summed E-state index contributed by atoms with van der Waals surface area (Å²) < 4.78 is 27.0. The highest BCUT2D eigenvalue weighted by Crippen LogP contribution is 2.25. The summed E-state index contributed by atoms with van der Waals surface area (Å²) in [6.45, 7) is 4.68. The quantitative estimate of drug-likeness (QED) is 0.855. The Morgan fingerprint density at radius 3 is 2.61 bits per heavy atom. The normalized spacial score (nSPS) is 20.9. The molecule has 1 fully saturated rings. The lowest BCUT2D eigenvalue weighted by atomic mass is 9.93. The maximum absolute atomic E-state index is 12.7. The summed E-state index contributed by atoms with van der Waals surface area (Å²) in [7, 11) is -3.51. The average Bonchev–Trinajstić information content (AvgIpc) is 2.55. The standard InChI is InChI=1S/C16H25N3O3S/c1-3-16(20)18-14-6-8-15(9-7-14)23(21,22)19-10-4-5-13(11-19)12(2)17/h6-9,12-13H,3-5,10-11,17H2,1-2H3,(H,18,20). The fourth-order valence-electron chi connectivity index (χ4n) is 2.73.